The molecule has 1 aliphatic carbocycles. The van der Waals surface area contributed by atoms with Gasteiger partial charge in [0.2, 0.25) is 5.91 Å². The van der Waals surface area contributed by atoms with Crippen LogP contribution in [0.5, 0.6) is 0 Å². The van der Waals surface area contributed by atoms with Crippen LogP contribution in [0.15, 0.2) is 18.2 Å². The standard InChI is InChI=1S/C14H19ClN2O/c1-10-6-7-13(12(15)8-10)17-14(18)9-16-11-4-2-3-5-11/h6-8,11,16H,2-5,9H2,1H3,(H,17,18). The van der Waals surface area contributed by atoms with Crippen molar-refractivity contribution < 1.29 is 4.79 Å². The van der Waals surface area contributed by atoms with Crippen LogP contribution < -0.4 is 10.6 Å². The summed E-state index contributed by atoms with van der Waals surface area (Å²) in [6.45, 7) is 2.33. The van der Waals surface area contributed by atoms with Gasteiger partial charge in [-0.2, -0.15) is 0 Å². The van der Waals surface area contributed by atoms with Gasteiger partial charge in [-0.3, -0.25) is 4.79 Å². The number of hydrogen-bond acceptors (Lipinski definition) is 2. The molecule has 1 fully saturated rings. The topological polar surface area (TPSA) is 41.1 Å². The summed E-state index contributed by atoms with van der Waals surface area (Å²) in [5, 5.41) is 6.69. The molecule has 2 N–H and O–H groups in total. The minimum absolute atomic E-state index is 0.0346. The number of carbonyl (C=O) groups is 1. The molecule has 0 heterocycles. The Labute approximate surface area is 113 Å². The van der Waals surface area contributed by atoms with Crippen molar-refractivity contribution in [2.24, 2.45) is 0 Å². The molecule has 0 saturated heterocycles. The smallest absolute Gasteiger partial charge is 0.238 e. The van der Waals surface area contributed by atoms with E-state index in [0.29, 0.717) is 23.3 Å². The highest BCUT2D eigenvalue weighted by Crippen LogP contribution is 2.22. The zero-order valence-electron chi connectivity index (χ0n) is 10.6. The van der Waals surface area contributed by atoms with E-state index in [4.69, 9.17) is 11.6 Å². The third-order valence-electron chi connectivity index (χ3n) is 3.31. The quantitative estimate of drug-likeness (QED) is 0.879. The predicted octanol–water partition coefficient (Wildman–Crippen LogP) is 3.12. The third kappa shape index (κ3) is 3.72. The first-order chi connectivity index (χ1) is 8.65. The fraction of sp³-hybridized carbons (Fsp3) is 0.500. The summed E-state index contributed by atoms with van der Waals surface area (Å²) >= 11 is 6.07. The van der Waals surface area contributed by atoms with Crippen LogP contribution in [0.4, 0.5) is 5.69 Å². The number of carbonyl (C=O) groups excluding carboxylic acids is 1. The van der Waals surface area contributed by atoms with Crippen molar-refractivity contribution in [3.8, 4) is 0 Å². The van der Waals surface area contributed by atoms with E-state index in [9.17, 15) is 4.79 Å². The van der Waals surface area contributed by atoms with Crippen molar-refractivity contribution in [2.45, 2.75) is 38.6 Å². The van der Waals surface area contributed by atoms with Gasteiger partial charge in [-0.05, 0) is 37.5 Å². The minimum atomic E-state index is -0.0346. The molecule has 98 valence electrons. The van der Waals surface area contributed by atoms with Gasteiger partial charge in [0.05, 0.1) is 17.3 Å². The number of nitrogens with one attached hydrogen (secondary N) is 2. The van der Waals surface area contributed by atoms with Gasteiger partial charge in [-0.25, -0.2) is 0 Å². The lowest BCUT2D eigenvalue weighted by Crippen LogP contribution is -2.34. The lowest BCUT2D eigenvalue weighted by Gasteiger charge is -2.12. The fourth-order valence-electron chi connectivity index (χ4n) is 2.28. The van der Waals surface area contributed by atoms with E-state index in [-0.39, 0.29) is 5.91 Å². The van der Waals surface area contributed by atoms with E-state index in [1.165, 1.54) is 25.7 Å². The Morgan fingerprint density at radius 2 is 2.11 bits per heavy atom. The molecule has 1 saturated carbocycles. The number of anilines is 1. The molecule has 0 bridgehead atoms. The Balaban J connectivity index is 1.82. The van der Waals surface area contributed by atoms with Crippen molar-refractivity contribution in [2.75, 3.05) is 11.9 Å². The zero-order chi connectivity index (χ0) is 13.0. The predicted molar refractivity (Wildman–Crippen MR) is 75.1 cm³/mol. The fourth-order valence-corrected chi connectivity index (χ4v) is 2.57. The maximum absolute atomic E-state index is 11.8. The number of halogens is 1. The first-order valence-electron chi connectivity index (χ1n) is 6.44. The Bertz CT molecular complexity index is 428. The SMILES string of the molecule is Cc1ccc(NC(=O)CNC2CCCC2)c(Cl)c1. The van der Waals surface area contributed by atoms with Gasteiger partial charge in [-0.15, -0.1) is 0 Å². The molecular weight excluding hydrogens is 248 g/mol. The van der Waals surface area contributed by atoms with Gasteiger partial charge in [0, 0.05) is 6.04 Å². The number of hydrogen-bond donors (Lipinski definition) is 2. The minimum Gasteiger partial charge on any atom is -0.324 e. The van der Waals surface area contributed by atoms with Gasteiger partial charge >= 0.3 is 0 Å². The van der Waals surface area contributed by atoms with Crippen LogP contribution in [0.25, 0.3) is 0 Å². The third-order valence-corrected chi connectivity index (χ3v) is 3.62. The molecule has 0 radical (unpaired) electrons. The van der Waals surface area contributed by atoms with Crippen LogP contribution in [0, 0.1) is 6.92 Å². The summed E-state index contributed by atoms with van der Waals surface area (Å²) in [4.78, 5) is 11.8. The first-order valence-corrected chi connectivity index (χ1v) is 6.82. The van der Waals surface area contributed by atoms with E-state index in [1.807, 2.05) is 25.1 Å². The largest absolute Gasteiger partial charge is 0.324 e. The lowest BCUT2D eigenvalue weighted by atomic mass is 10.2. The number of amides is 1. The van der Waals surface area contributed by atoms with Crippen LogP contribution in [0.1, 0.15) is 31.2 Å². The van der Waals surface area contributed by atoms with Crippen LogP contribution >= 0.6 is 11.6 Å². The Morgan fingerprint density at radius 3 is 2.78 bits per heavy atom. The Hall–Kier alpha value is -1.06. The second-order valence-corrected chi connectivity index (χ2v) is 5.30. The first kappa shape index (κ1) is 13.4. The molecular formula is C14H19ClN2O. The second kappa shape index (κ2) is 6.21. The molecule has 0 aliphatic heterocycles. The van der Waals surface area contributed by atoms with Gasteiger partial charge in [-0.1, -0.05) is 30.5 Å². The monoisotopic (exact) mass is 266 g/mol. The maximum atomic E-state index is 11.8. The molecule has 18 heavy (non-hydrogen) atoms. The number of aryl methyl sites for hydroxylation is 1. The van der Waals surface area contributed by atoms with E-state index in [2.05, 4.69) is 10.6 Å². The molecule has 2 rings (SSSR count). The summed E-state index contributed by atoms with van der Waals surface area (Å²) in [5.74, 6) is -0.0346. The van der Waals surface area contributed by atoms with E-state index in [0.717, 1.165) is 5.56 Å². The van der Waals surface area contributed by atoms with Crippen LogP contribution in [-0.4, -0.2) is 18.5 Å². The van der Waals surface area contributed by atoms with Gasteiger partial charge in [0.25, 0.3) is 0 Å². The molecule has 3 nitrogen and oxygen atoms in total. The van der Waals surface area contributed by atoms with Crippen molar-refractivity contribution >= 4 is 23.2 Å². The van der Waals surface area contributed by atoms with Gasteiger partial charge in [0.1, 0.15) is 0 Å². The molecule has 1 amide bonds. The molecule has 0 spiro atoms. The highest BCUT2D eigenvalue weighted by atomic mass is 35.5. The molecule has 1 aliphatic rings. The highest BCUT2D eigenvalue weighted by molar-refractivity contribution is 6.33. The number of benzene rings is 1. The summed E-state index contributed by atoms with van der Waals surface area (Å²) in [7, 11) is 0. The molecule has 0 aromatic heterocycles. The van der Waals surface area contributed by atoms with Crippen LogP contribution in [-0.2, 0) is 4.79 Å². The number of rotatable bonds is 4. The van der Waals surface area contributed by atoms with Crippen molar-refractivity contribution in [1.29, 1.82) is 0 Å². The molecule has 1 aromatic carbocycles. The average molecular weight is 267 g/mol. The maximum Gasteiger partial charge on any atom is 0.238 e. The van der Waals surface area contributed by atoms with Crippen LogP contribution in [0.3, 0.4) is 0 Å². The van der Waals surface area contributed by atoms with E-state index >= 15 is 0 Å². The molecule has 1 aromatic rings. The lowest BCUT2D eigenvalue weighted by molar-refractivity contribution is -0.115. The molecule has 4 heteroatoms. The van der Waals surface area contributed by atoms with Crippen molar-refractivity contribution in [3.05, 3.63) is 28.8 Å². The zero-order valence-corrected chi connectivity index (χ0v) is 11.4. The van der Waals surface area contributed by atoms with Crippen molar-refractivity contribution in [3.63, 3.8) is 0 Å². The second-order valence-electron chi connectivity index (χ2n) is 4.89. The highest BCUT2D eigenvalue weighted by Gasteiger charge is 2.15. The average Bonchev–Trinajstić information content (AvgIpc) is 2.83. The van der Waals surface area contributed by atoms with Gasteiger partial charge in [0.15, 0.2) is 0 Å². The summed E-state index contributed by atoms with van der Waals surface area (Å²) < 4.78 is 0. The molecule has 0 atom stereocenters. The Morgan fingerprint density at radius 1 is 1.39 bits per heavy atom. The Kier molecular flexibility index (Phi) is 4.61. The van der Waals surface area contributed by atoms with Crippen LogP contribution in [0.2, 0.25) is 5.02 Å². The summed E-state index contributed by atoms with van der Waals surface area (Å²) in [6, 6.07) is 6.13. The summed E-state index contributed by atoms with van der Waals surface area (Å²) in [5.41, 5.74) is 1.77. The van der Waals surface area contributed by atoms with E-state index < -0.39 is 0 Å². The van der Waals surface area contributed by atoms with Gasteiger partial charge < -0.3 is 10.6 Å². The molecule has 0 unspecified atom stereocenters. The van der Waals surface area contributed by atoms with E-state index in [1.54, 1.807) is 0 Å². The normalized spacial score (nSPS) is 15.9. The summed E-state index contributed by atoms with van der Waals surface area (Å²) in [6.07, 6.45) is 4.89. The van der Waals surface area contributed by atoms with Crippen molar-refractivity contribution in [1.82, 2.24) is 5.32 Å².